The Balaban J connectivity index is 1.25. The molecule has 0 saturated carbocycles. The minimum absolute atomic E-state index is 0.0522. The van der Waals surface area contributed by atoms with Crippen LogP contribution in [0.25, 0.3) is 11.0 Å². The highest BCUT2D eigenvalue weighted by Crippen LogP contribution is 2.23. The molecule has 0 spiro atoms. The molecule has 150 valence electrons. The van der Waals surface area contributed by atoms with Crippen LogP contribution in [0.1, 0.15) is 34.5 Å². The molecule has 0 aliphatic carbocycles. The molecule has 1 aliphatic rings. The smallest absolute Gasteiger partial charge is 0.289 e. The Hall–Kier alpha value is -3.08. The van der Waals surface area contributed by atoms with Gasteiger partial charge in [-0.1, -0.05) is 48.0 Å². The monoisotopic (exact) mass is 390 g/mol. The standard InChI is InChI=1S/C24H26N2O3/c1-17-5-4-6-19(13-17)14-23(27)25-16-18-9-11-26(12-10-18)24(28)22-15-20-7-2-3-8-21(20)29-22/h2-8,13,15,18H,9-12,14,16H2,1H3,(H,25,27). The predicted octanol–water partition coefficient (Wildman–Crippen LogP) is 3.95. The Morgan fingerprint density at radius 3 is 2.62 bits per heavy atom. The van der Waals surface area contributed by atoms with Crippen molar-refractivity contribution < 1.29 is 14.0 Å². The van der Waals surface area contributed by atoms with Gasteiger partial charge < -0.3 is 14.6 Å². The zero-order chi connectivity index (χ0) is 20.2. The first-order valence-electron chi connectivity index (χ1n) is 10.2. The lowest BCUT2D eigenvalue weighted by molar-refractivity contribution is -0.120. The Kier molecular flexibility index (Phi) is 5.65. The normalized spacial score (nSPS) is 14.9. The molecule has 0 atom stereocenters. The van der Waals surface area contributed by atoms with Gasteiger partial charge in [0.05, 0.1) is 6.42 Å². The van der Waals surface area contributed by atoms with Crippen LogP contribution in [0.2, 0.25) is 0 Å². The van der Waals surface area contributed by atoms with Gasteiger partial charge in [-0.2, -0.15) is 0 Å². The molecule has 29 heavy (non-hydrogen) atoms. The van der Waals surface area contributed by atoms with Crippen LogP contribution >= 0.6 is 0 Å². The molecule has 1 aromatic heterocycles. The SMILES string of the molecule is Cc1cccc(CC(=O)NCC2CCN(C(=O)c3cc4ccccc4o3)CC2)c1. The van der Waals surface area contributed by atoms with Crippen molar-refractivity contribution in [1.29, 1.82) is 0 Å². The maximum absolute atomic E-state index is 12.7. The van der Waals surface area contributed by atoms with Crippen LogP contribution in [0, 0.1) is 12.8 Å². The largest absolute Gasteiger partial charge is 0.451 e. The van der Waals surface area contributed by atoms with Crippen LogP contribution in [0.15, 0.2) is 59.0 Å². The van der Waals surface area contributed by atoms with Gasteiger partial charge in [-0.15, -0.1) is 0 Å². The summed E-state index contributed by atoms with van der Waals surface area (Å²) in [6, 6.07) is 17.5. The summed E-state index contributed by atoms with van der Waals surface area (Å²) < 4.78 is 5.71. The summed E-state index contributed by atoms with van der Waals surface area (Å²) in [7, 11) is 0. The highest BCUT2D eigenvalue weighted by atomic mass is 16.3. The molecule has 5 nitrogen and oxygen atoms in total. The topological polar surface area (TPSA) is 62.6 Å². The van der Waals surface area contributed by atoms with Crippen molar-refractivity contribution in [3.05, 3.63) is 71.5 Å². The van der Waals surface area contributed by atoms with Gasteiger partial charge in [-0.3, -0.25) is 9.59 Å². The van der Waals surface area contributed by atoms with Crippen LogP contribution in [0.4, 0.5) is 0 Å². The molecule has 2 aromatic carbocycles. The van der Waals surface area contributed by atoms with Crippen molar-refractivity contribution in [2.75, 3.05) is 19.6 Å². The highest BCUT2D eigenvalue weighted by molar-refractivity contribution is 5.96. The number of likely N-dealkylation sites (tertiary alicyclic amines) is 1. The summed E-state index contributed by atoms with van der Waals surface area (Å²) in [5.74, 6) is 0.798. The van der Waals surface area contributed by atoms with Crippen LogP contribution < -0.4 is 5.32 Å². The number of amides is 2. The van der Waals surface area contributed by atoms with Gasteiger partial charge in [0.15, 0.2) is 5.76 Å². The van der Waals surface area contributed by atoms with Gasteiger partial charge in [-0.05, 0) is 43.4 Å². The maximum Gasteiger partial charge on any atom is 0.289 e. The van der Waals surface area contributed by atoms with Crippen molar-refractivity contribution in [2.45, 2.75) is 26.2 Å². The number of hydrogen-bond acceptors (Lipinski definition) is 3. The maximum atomic E-state index is 12.7. The number of nitrogens with zero attached hydrogens (tertiary/aromatic N) is 1. The quantitative estimate of drug-likeness (QED) is 0.717. The van der Waals surface area contributed by atoms with Gasteiger partial charge in [0, 0.05) is 25.0 Å². The van der Waals surface area contributed by atoms with Crippen LogP contribution in [-0.2, 0) is 11.2 Å². The average Bonchev–Trinajstić information content (AvgIpc) is 3.16. The Labute approximate surface area is 170 Å². The minimum atomic E-state index is -0.0527. The van der Waals surface area contributed by atoms with E-state index >= 15 is 0 Å². The molecule has 1 aliphatic heterocycles. The van der Waals surface area contributed by atoms with Crippen LogP contribution in [-0.4, -0.2) is 36.3 Å². The fraction of sp³-hybridized carbons (Fsp3) is 0.333. The molecule has 1 fully saturated rings. The van der Waals surface area contributed by atoms with E-state index in [1.165, 1.54) is 0 Å². The number of aryl methyl sites for hydroxylation is 1. The Morgan fingerprint density at radius 1 is 1.07 bits per heavy atom. The van der Waals surface area contributed by atoms with E-state index in [-0.39, 0.29) is 11.8 Å². The molecular formula is C24H26N2O3. The third-order valence-electron chi connectivity index (χ3n) is 5.57. The fourth-order valence-corrected chi connectivity index (χ4v) is 3.91. The second-order valence-corrected chi connectivity index (χ2v) is 7.85. The van der Waals surface area contributed by atoms with Gasteiger partial charge in [-0.25, -0.2) is 0 Å². The molecule has 0 unspecified atom stereocenters. The number of rotatable bonds is 5. The number of benzene rings is 2. The number of carbonyl (C=O) groups is 2. The van der Waals surface area contributed by atoms with E-state index in [9.17, 15) is 9.59 Å². The fourth-order valence-electron chi connectivity index (χ4n) is 3.91. The molecule has 1 saturated heterocycles. The van der Waals surface area contributed by atoms with Gasteiger partial charge in [0.25, 0.3) is 5.91 Å². The third-order valence-corrected chi connectivity index (χ3v) is 5.57. The second-order valence-electron chi connectivity index (χ2n) is 7.85. The average molecular weight is 390 g/mol. The summed E-state index contributed by atoms with van der Waals surface area (Å²) in [4.78, 5) is 26.8. The second kappa shape index (κ2) is 8.52. The van der Waals surface area contributed by atoms with Crippen molar-refractivity contribution in [2.24, 2.45) is 5.92 Å². The molecule has 1 N–H and O–H groups in total. The zero-order valence-corrected chi connectivity index (χ0v) is 16.7. The summed E-state index contributed by atoms with van der Waals surface area (Å²) in [6.07, 6.45) is 2.18. The van der Waals surface area contributed by atoms with E-state index < -0.39 is 0 Å². The Morgan fingerprint density at radius 2 is 1.86 bits per heavy atom. The molecule has 5 heteroatoms. The van der Waals surface area contributed by atoms with Crippen molar-refractivity contribution >= 4 is 22.8 Å². The van der Waals surface area contributed by atoms with Gasteiger partial charge in [0.2, 0.25) is 5.91 Å². The van der Waals surface area contributed by atoms with E-state index in [2.05, 4.69) is 5.32 Å². The minimum Gasteiger partial charge on any atom is -0.451 e. The van der Waals surface area contributed by atoms with Gasteiger partial charge >= 0.3 is 0 Å². The van der Waals surface area contributed by atoms with Crippen LogP contribution in [0.3, 0.4) is 0 Å². The number of furan rings is 1. The number of piperidine rings is 1. The molecule has 3 aromatic rings. The molecule has 4 rings (SSSR count). The lowest BCUT2D eigenvalue weighted by Gasteiger charge is -2.31. The summed E-state index contributed by atoms with van der Waals surface area (Å²) in [6.45, 7) is 4.07. The molecule has 0 bridgehead atoms. The van der Waals surface area contributed by atoms with E-state index in [0.29, 0.717) is 37.7 Å². The summed E-state index contributed by atoms with van der Waals surface area (Å²) >= 11 is 0. The number of para-hydroxylation sites is 1. The first-order chi connectivity index (χ1) is 14.1. The van der Waals surface area contributed by atoms with Crippen LogP contribution in [0.5, 0.6) is 0 Å². The molecule has 2 amide bonds. The summed E-state index contributed by atoms with van der Waals surface area (Å²) in [5.41, 5.74) is 2.94. The molecule has 2 heterocycles. The molecule has 0 radical (unpaired) electrons. The highest BCUT2D eigenvalue weighted by Gasteiger charge is 2.26. The van der Waals surface area contributed by atoms with E-state index in [0.717, 1.165) is 34.9 Å². The first kappa shape index (κ1) is 19.2. The lowest BCUT2D eigenvalue weighted by atomic mass is 9.96. The Bertz CT molecular complexity index is 983. The van der Waals surface area contributed by atoms with Crippen molar-refractivity contribution in [3.8, 4) is 0 Å². The predicted molar refractivity (Wildman–Crippen MR) is 113 cm³/mol. The van der Waals surface area contributed by atoms with Crippen molar-refractivity contribution in [3.63, 3.8) is 0 Å². The van der Waals surface area contributed by atoms with E-state index in [4.69, 9.17) is 4.42 Å². The number of carbonyl (C=O) groups excluding carboxylic acids is 2. The van der Waals surface area contributed by atoms with Crippen molar-refractivity contribution in [1.82, 2.24) is 10.2 Å². The lowest BCUT2D eigenvalue weighted by Crippen LogP contribution is -2.41. The number of hydrogen-bond donors (Lipinski definition) is 1. The third kappa shape index (κ3) is 4.67. The number of fused-ring (bicyclic) bond motifs is 1. The van der Waals surface area contributed by atoms with E-state index in [1.807, 2.05) is 66.4 Å². The van der Waals surface area contributed by atoms with Gasteiger partial charge in [0.1, 0.15) is 5.58 Å². The zero-order valence-electron chi connectivity index (χ0n) is 16.7. The molecular weight excluding hydrogens is 364 g/mol. The van der Waals surface area contributed by atoms with E-state index in [1.54, 1.807) is 0 Å². The number of nitrogens with one attached hydrogen (secondary N) is 1. The summed E-state index contributed by atoms with van der Waals surface area (Å²) in [5, 5.41) is 4.00. The first-order valence-corrected chi connectivity index (χ1v) is 10.2.